The number of carbonyl (C=O) groups excluding carboxylic acids is 1. The van der Waals surface area contributed by atoms with Crippen LogP contribution in [0.15, 0.2) is 163 Å². The highest BCUT2D eigenvalue weighted by Crippen LogP contribution is 2.33. The molecule has 0 aliphatic carbocycles. The quantitative estimate of drug-likeness (QED) is 0.0923. The van der Waals surface area contributed by atoms with Gasteiger partial charge in [-0.3, -0.25) is 4.79 Å². The van der Waals surface area contributed by atoms with Crippen molar-refractivity contribution in [3.05, 3.63) is 191 Å². The molecule has 0 saturated carbocycles. The molecule has 5 aromatic rings. The Labute approximate surface area is 295 Å². The molecule has 0 radical (unpaired) electrons. The second-order valence-electron chi connectivity index (χ2n) is 12.3. The van der Waals surface area contributed by atoms with Crippen molar-refractivity contribution in [2.75, 3.05) is 6.61 Å². The van der Waals surface area contributed by atoms with Gasteiger partial charge in [-0.2, -0.15) is 0 Å². The molecule has 0 bridgehead atoms. The Hall–Kier alpha value is -4.85. The van der Waals surface area contributed by atoms with Gasteiger partial charge in [0.05, 0.1) is 33.0 Å². The Morgan fingerprint density at radius 2 is 0.980 bits per heavy atom. The molecule has 0 aromatic heterocycles. The van der Waals surface area contributed by atoms with Crippen LogP contribution in [0.2, 0.25) is 0 Å². The lowest BCUT2D eigenvalue weighted by molar-refractivity contribution is -0.223. The number of ketones is 1. The molecule has 1 fully saturated rings. The lowest BCUT2D eigenvalue weighted by atomic mass is 9.95. The summed E-state index contributed by atoms with van der Waals surface area (Å²) in [4.78, 5) is 13.0. The smallest absolute Gasteiger partial charge is 0.163 e. The first kappa shape index (κ1) is 35.0. The molecule has 0 amide bonds. The SMILES string of the molecule is O=C(CC/C=C1\OC(COCc2ccccc2)[C@@H](OCc2ccccc2)C(OCc2ccccc2)C1OCc1ccccc1)c1ccccc1. The fourth-order valence-corrected chi connectivity index (χ4v) is 5.98. The van der Waals surface area contributed by atoms with Crippen LogP contribution in [0, 0.1) is 0 Å². The van der Waals surface area contributed by atoms with E-state index in [0.717, 1.165) is 22.3 Å². The summed E-state index contributed by atoms with van der Waals surface area (Å²) in [5.41, 5.74) is 4.88. The monoisotopic (exact) mass is 668 g/mol. The zero-order valence-electron chi connectivity index (χ0n) is 28.2. The van der Waals surface area contributed by atoms with Gasteiger partial charge in [-0.1, -0.05) is 152 Å². The first-order valence-corrected chi connectivity index (χ1v) is 17.3. The van der Waals surface area contributed by atoms with Crippen LogP contribution < -0.4 is 0 Å². The molecule has 4 atom stereocenters. The number of ether oxygens (including phenoxy) is 5. The predicted octanol–water partition coefficient (Wildman–Crippen LogP) is 8.91. The van der Waals surface area contributed by atoms with Crippen molar-refractivity contribution in [2.45, 2.75) is 63.7 Å². The zero-order valence-corrected chi connectivity index (χ0v) is 28.2. The zero-order chi connectivity index (χ0) is 34.2. The molecule has 3 unspecified atom stereocenters. The predicted molar refractivity (Wildman–Crippen MR) is 194 cm³/mol. The first-order valence-electron chi connectivity index (χ1n) is 17.3. The maximum Gasteiger partial charge on any atom is 0.163 e. The fourth-order valence-electron chi connectivity index (χ4n) is 5.98. The minimum atomic E-state index is -0.600. The van der Waals surface area contributed by atoms with Gasteiger partial charge in [-0.15, -0.1) is 0 Å². The summed E-state index contributed by atoms with van der Waals surface area (Å²) in [5.74, 6) is 0.691. The maximum absolute atomic E-state index is 13.0. The first-order chi connectivity index (χ1) is 24.7. The Morgan fingerprint density at radius 1 is 0.540 bits per heavy atom. The molecule has 256 valence electrons. The summed E-state index contributed by atoms with van der Waals surface area (Å²) >= 11 is 0. The van der Waals surface area contributed by atoms with Crippen LogP contribution in [0.4, 0.5) is 0 Å². The molecule has 0 spiro atoms. The molecule has 1 aliphatic rings. The van der Waals surface area contributed by atoms with Crippen LogP contribution in [0.3, 0.4) is 0 Å². The van der Waals surface area contributed by atoms with Crippen molar-refractivity contribution in [2.24, 2.45) is 0 Å². The van der Waals surface area contributed by atoms with Crippen molar-refractivity contribution >= 4 is 5.78 Å². The van der Waals surface area contributed by atoms with E-state index in [9.17, 15) is 4.79 Å². The maximum atomic E-state index is 13.0. The largest absolute Gasteiger partial charge is 0.487 e. The van der Waals surface area contributed by atoms with Gasteiger partial charge in [-0.05, 0) is 34.8 Å². The van der Waals surface area contributed by atoms with E-state index in [0.29, 0.717) is 50.6 Å². The third-order valence-electron chi connectivity index (χ3n) is 8.61. The van der Waals surface area contributed by atoms with E-state index in [4.69, 9.17) is 23.7 Å². The topological polar surface area (TPSA) is 63.2 Å². The molecule has 50 heavy (non-hydrogen) atoms. The summed E-state index contributed by atoms with van der Waals surface area (Å²) < 4.78 is 33.3. The van der Waals surface area contributed by atoms with Gasteiger partial charge in [0, 0.05) is 12.0 Å². The van der Waals surface area contributed by atoms with E-state index in [1.54, 1.807) is 0 Å². The van der Waals surface area contributed by atoms with E-state index in [-0.39, 0.29) is 12.4 Å². The lowest BCUT2D eigenvalue weighted by Crippen LogP contribution is -2.56. The van der Waals surface area contributed by atoms with Crippen LogP contribution in [0.1, 0.15) is 45.5 Å². The summed E-state index contributed by atoms with van der Waals surface area (Å²) in [6.45, 7) is 1.77. The van der Waals surface area contributed by atoms with Gasteiger partial charge in [0.2, 0.25) is 0 Å². The van der Waals surface area contributed by atoms with Gasteiger partial charge in [-0.25, -0.2) is 0 Å². The highest BCUT2D eigenvalue weighted by atomic mass is 16.6. The molecular weight excluding hydrogens is 624 g/mol. The van der Waals surface area contributed by atoms with Gasteiger partial charge in [0.1, 0.15) is 24.1 Å². The number of Topliss-reactive ketones (excluding diaryl/α,β-unsaturated/α-hetero) is 1. The van der Waals surface area contributed by atoms with Gasteiger partial charge < -0.3 is 23.7 Å². The number of allylic oxidation sites excluding steroid dienone is 1. The Bertz CT molecular complexity index is 1730. The highest BCUT2D eigenvalue weighted by Gasteiger charge is 2.46. The van der Waals surface area contributed by atoms with Crippen molar-refractivity contribution in [1.82, 2.24) is 0 Å². The van der Waals surface area contributed by atoms with Crippen LogP contribution in [-0.4, -0.2) is 36.8 Å². The summed E-state index contributed by atoms with van der Waals surface area (Å²) in [6, 6.07) is 49.7. The Kier molecular flexibility index (Phi) is 13.1. The van der Waals surface area contributed by atoms with Crippen molar-refractivity contribution in [1.29, 1.82) is 0 Å². The molecule has 0 N–H and O–H groups in total. The molecule has 1 heterocycles. The molecule has 1 aliphatic heterocycles. The van der Waals surface area contributed by atoms with E-state index in [1.807, 2.05) is 158 Å². The van der Waals surface area contributed by atoms with Gasteiger partial charge in [0.25, 0.3) is 0 Å². The second-order valence-corrected chi connectivity index (χ2v) is 12.3. The van der Waals surface area contributed by atoms with Gasteiger partial charge in [0.15, 0.2) is 11.9 Å². The molecule has 6 heteroatoms. The average Bonchev–Trinajstić information content (AvgIpc) is 3.18. The van der Waals surface area contributed by atoms with Crippen molar-refractivity contribution < 1.29 is 28.5 Å². The number of hydrogen-bond donors (Lipinski definition) is 0. The van der Waals surface area contributed by atoms with Crippen LogP contribution in [0.5, 0.6) is 0 Å². The lowest BCUT2D eigenvalue weighted by Gasteiger charge is -2.43. The van der Waals surface area contributed by atoms with Crippen molar-refractivity contribution in [3.63, 3.8) is 0 Å². The molecule has 5 aromatic carbocycles. The summed E-state index contributed by atoms with van der Waals surface area (Å²) in [6.07, 6.45) is 0.616. The second kappa shape index (κ2) is 18.8. The van der Waals surface area contributed by atoms with Crippen LogP contribution in [0.25, 0.3) is 0 Å². The average molecular weight is 669 g/mol. The Morgan fingerprint density at radius 3 is 1.50 bits per heavy atom. The highest BCUT2D eigenvalue weighted by molar-refractivity contribution is 5.96. The minimum absolute atomic E-state index is 0.0729. The molecule has 1 saturated heterocycles. The van der Waals surface area contributed by atoms with Gasteiger partial charge >= 0.3 is 0 Å². The summed E-state index contributed by atoms with van der Waals surface area (Å²) in [7, 11) is 0. The molecule has 6 rings (SSSR count). The van der Waals surface area contributed by atoms with E-state index in [2.05, 4.69) is 0 Å². The van der Waals surface area contributed by atoms with Crippen LogP contribution >= 0.6 is 0 Å². The van der Waals surface area contributed by atoms with E-state index >= 15 is 0 Å². The third kappa shape index (κ3) is 10.3. The number of benzene rings is 5. The Balaban J connectivity index is 1.30. The normalized spacial score (nSPS) is 19.6. The number of hydrogen-bond acceptors (Lipinski definition) is 6. The number of rotatable bonds is 17. The molecular formula is C44H44O6. The van der Waals surface area contributed by atoms with Crippen molar-refractivity contribution in [3.8, 4) is 0 Å². The number of carbonyl (C=O) groups is 1. The minimum Gasteiger partial charge on any atom is -0.487 e. The molecule has 6 nitrogen and oxygen atoms in total. The van der Waals surface area contributed by atoms with E-state index < -0.39 is 24.4 Å². The third-order valence-corrected chi connectivity index (χ3v) is 8.61. The van der Waals surface area contributed by atoms with E-state index in [1.165, 1.54) is 0 Å². The standard InChI is InChI=1S/C44H44O6/c45-39(38-25-14-5-15-26-38)27-16-28-40-42(47-30-35-19-8-2-9-20-35)44(49-32-37-23-12-4-13-24-37)43(48-31-36-21-10-3-11-22-36)41(50-40)33-46-29-34-17-6-1-7-18-34/h1-15,17-26,28,41-44H,16,27,29-33H2/b40-28-/t41?,42?,43-,44?/m1/s1. The summed E-state index contributed by atoms with van der Waals surface area (Å²) in [5, 5.41) is 0. The fraction of sp³-hybridized carbons (Fsp3) is 0.250. The van der Waals surface area contributed by atoms with Crippen LogP contribution in [-0.2, 0) is 50.1 Å².